The molecular weight excluding hydrogens is 208 g/mol. The molecule has 1 nitrogen and oxygen atoms in total. The minimum absolute atomic E-state index is 0.298. The molecule has 0 saturated heterocycles. The molecule has 0 aliphatic rings. The second-order valence-electron chi connectivity index (χ2n) is 3.70. The zero-order valence-corrected chi connectivity index (χ0v) is 8.80. The van der Waals surface area contributed by atoms with Crippen LogP contribution >= 0.6 is 0 Å². The van der Waals surface area contributed by atoms with Crippen molar-refractivity contribution in [1.82, 2.24) is 0 Å². The summed E-state index contributed by atoms with van der Waals surface area (Å²) in [6.45, 7) is 1.64. The lowest BCUT2D eigenvalue weighted by atomic mass is 10.0. The van der Waals surface area contributed by atoms with Gasteiger partial charge in [-0.05, 0) is 48.4 Å². The Morgan fingerprint density at radius 3 is 2.31 bits per heavy atom. The molecule has 0 atom stereocenters. The first kappa shape index (κ1) is 10.6. The van der Waals surface area contributed by atoms with E-state index in [0.29, 0.717) is 22.4 Å². The molecule has 0 unspecified atom stereocenters. The molecule has 2 aromatic rings. The van der Waals surface area contributed by atoms with Gasteiger partial charge in [-0.3, -0.25) is 0 Å². The highest BCUT2D eigenvalue weighted by molar-refractivity contribution is 5.68. The summed E-state index contributed by atoms with van der Waals surface area (Å²) in [6, 6.07) is 8.82. The minimum Gasteiger partial charge on any atom is -0.399 e. The summed E-state index contributed by atoms with van der Waals surface area (Å²) >= 11 is 0. The Labute approximate surface area is 92.5 Å². The maximum absolute atomic E-state index is 13.5. The number of rotatable bonds is 1. The predicted molar refractivity (Wildman–Crippen MR) is 60.9 cm³/mol. The van der Waals surface area contributed by atoms with E-state index in [0.717, 1.165) is 0 Å². The molecule has 0 heterocycles. The van der Waals surface area contributed by atoms with Crippen LogP contribution in [0.3, 0.4) is 0 Å². The Morgan fingerprint density at radius 2 is 1.62 bits per heavy atom. The number of halogens is 2. The molecule has 0 radical (unpaired) electrons. The highest BCUT2D eigenvalue weighted by atomic mass is 19.1. The van der Waals surface area contributed by atoms with Gasteiger partial charge in [0.2, 0.25) is 0 Å². The van der Waals surface area contributed by atoms with Crippen LogP contribution in [0.25, 0.3) is 11.1 Å². The largest absolute Gasteiger partial charge is 0.399 e. The van der Waals surface area contributed by atoms with Crippen molar-refractivity contribution in [3.05, 3.63) is 53.6 Å². The Hall–Kier alpha value is -1.90. The van der Waals surface area contributed by atoms with Crippen LogP contribution in [0.5, 0.6) is 0 Å². The Bertz CT molecular complexity index is 535. The van der Waals surface area contributed by atoms with E-state index in [1.54, 1.807) is 25.1 Å². The molecule has 3 heteroatoms. The summed E-state index contributed by atoms with van der Waals surface area (Å²) in [7, 11) is 0. The maximum Gasteiger partial charge on any atom is 0.131 e. The molecule has 0 bridgehead atoms. The smallest absolute Gasteiger partial charge is 0.131 e. The third-order valence-electron chi connectivity index (χ3n) is 2.46. The SMILES string of the molecule is Cc1cc(-c2cc(N)ccc2F)ccc1F. The Kier molecular flexibility index (Phi) is 2.60. The first-order valence-corrected chi connectivity index (χ1v) is 4.89. The number of hydrogen-bond acceptors (Lipinski definition) is 1. The summed E-state index contributed by atoms with van der Waals surface area (Å²) < 4.78 is 26.6. The van der Waals surface area contributed by atoms with E-state index in [1.165, 1.54) is 18.2 Å². The van der Waals surface area contributed by atoms with Crippen LogP contribution in [0.4, 0.5) is 14.5 Å². The number of benzene rings is 2. The van der Waals surface area contributed by atoms with Crippen LogP contribution in [0.2, 0.25) is 0 Å². The number of hydrogen-bond donors (Lipinski definition) is 1. The van der Waals surface area contributed by atoms with Gasteiger partial charge in [0.15, 0.2) is 0 Å². The second kappa shape index (κ2) is 3.93. The minimum atomic E-state index is -0.361. The molecule has 0 amide bonds. The van der Waals surface area contributed by atoms with Crippen molar-refractivity contribution in [2.75, 3.05) is 5.73 Å². The van der Waals surface area contributed by atoms with E-state index in [2.05, 4.69) is 0 Å². The van der Waals surface area contributed by atoms with E-state index in [9.17, 15) is 8.78 Å². The molecule has 82 valence electrons. The normalized spacial score (nSPS) is 10.4. The van der Waals surface area contributed by atoms with Gasteiger partial charge in [-0.15, -0.1) is 0 Å². The summed E-state index contributed by atoms with van der Waals surface area (Å²) in [4.78, 5) is 0. The van der Waals surface area contributed by atoms with Gasteiger partial charge in [-0.2, -0.15) is 0 Å². The van der Waals surface area contributed by atoms with Gasteiger partial charge >= 0.3 is 0 Å². The summed E-state index contributed by atoms with van der Waals surface area (Å²) in [5.41, 5.74) is 7.58. The highest BCUT2D eigenvalue weighted by Crippen LogP contribution is 2.26. The van der Waals surface area contributed by atoms with Gasteiger partial charge in [0.05, 0.1) is 0 Å². The molecule has 0 spiro atoms. The topological polar surface area (TPSA) is 26.0 Å². The van der Waals surface area contributed by atoms with E-state index in [4.69, 9.17) is 5.73 Å². The van der Waals surface area contributed by atoms with Crippen molar-refractivity contribution in [3.63, 3.8) is 0 Å². The van der Waals surface area contributed by atoms with Crippen molar-refractivity contribution in [1.29, 1.82) is 0 Å². The summed E-state index contributed by atoms with van der Waals surface area (Å²) in [6.07, 6.45) is 0. The lowest BCUT2D eigenvalue weighted by molar-refractivity contribution is 0.617. The van der Waals surface area contributed by atoms with Crippen LogP contribution in [0.15, 0.2) is 36.4 Å². The van der Waals surface area contributed by atoms with Gasteiger partial charge in [0.1, 0.15) is 11.6 Å². The monoisotopic (exact) mass is 219 g/mol. The zero-order valence-electron chi connectivity index (χ0n) is 8.80. The third-order valence-corrected chi connectivity index (χ3v) is 2.46. The maximum atomic E-state index is 13.5. The molecule has 0 aromatic heterocycles. The van der Waals surface area contributed by atoms with E-state index in [1.807, 2.05) is 0 Å². The average molecular weight is 219 g/mol. The van der Waals surface area contributed by atoms with E-state index in [-0.39, 0.29) is 11.6 Å². The predicted octanol–water partition coefficient (Wildman–Crippen LogP) is 3.52. The molecule has 2 aromatic carbocycles. The fourth-order valence-corrected chi connectivity index (χ4v) is 1.58. The first-order valence-electron chi connectivity index (χ1n) is 4.89. The van der Waals surface area contributed by atoms with Crippen molar-refractivity contribution >= 4 is 5.69 Å². The molecule has 2 rings (SSSR count). The first-order chi connectivity index (χ1) is 7.58. The van der Waals surface area contributed by atoms with Crippen LogP contribution in [-0.2, 0) is 0 Å². The molecule has 0 aliphatic carbocycles. The van der Waals surface area contributed by atoms with E-state index < -0.39 is 0 Å². The van der Waals surface area contributed by atoms with Gasteiger partial charge in [-0.25, -0.2) is 8.78 Å². The lowest BCUT2D eigenvalue weighted by Gasteiger charge is -2.06. The van der Waals surface area contributed by atoms with E-state index >= 15 is 0 Å². The average Bonchev–Trinajstić information content (AvgIpc) is 2.26. The Balaban J connectivity index is 2.58. The molecule has 2 N–H and O–H groups in total. The van der Waals surface area contributed by atoms with Crippen LogP contribution in [-0.4, -0.2) is 0 Å². The third kappa shape index (κ3) is 1.89. The number of anilines is 1. The van der Waals surface area contributed by atoms with Gasteiger partial charge in [0, 0.05) is 11.3 Å². The highest BCUT2D eigenvalue weighted by Gasteiger charge is 2.07. The fourth-order valence-electron chi connectivity index (χ4n) is 1.58. The fraction of sp³-hybridized carbons (Fsp3) is 0.0769. The number of aryl methyl sites for hydroxylation is 1. The molecule has 0 fully saturated rings. The summed E-state index contributed by atoms with van der Waals surface area (Å²) in [5.74, 6) is -0.659. The molecular formula is C13H11F2N. The number of nitrogen functional groups attached to an aromatic ring is 1. The second-order valence-corrected chi connectivity index (χ2v) is 3.70. The van der Waals surface area contributed by atoms with Crippen molar-refractivity contribution in [2.45, 2.75) is 6.92 Å². The van der Waals surface area contributed by atoms with Crippen molar-refractivity contribution in [3.8, 4) is 11.1 Å². The molecule has 16 heavy (non-hydrogen) atoms. The van der Waals surface area contributed by atoms with Gasteiger partial charge in [-0.1, -0.05) is 6.07 Å². The Morgan fingerprint density at radius 1 is 0.938 bits per heavy atom. The van der Waals surface area contributed by atoms with Crippen molar-refractivity contribution < 1.29 is 8.78 Å². The standard InChI is InChI=1S/C13H11F2N/c1-8-6-9(2-4-12(8)14)11-7-10(16)3-5-13(11)15/h2-7H,16H2,1H3. The number of nitrogens with two attached hydrogens (primary N) is 1. The quantitative estimate of drug-likeness (QED) is 0.729. The van der Waals surface area contributed by atoms with Crippen LogP contribution in [0.1, 0.15) is 5.56 Å². The van der Waals surface area contributed by atoms with Gasteiger partial charge in [0.25, 0.3) is 0 Å². The van der Waals surface area contributed by atoms with Crippen molar-refractivity contribution in [2.24, 2.45) is 0 Å². The molecule has 0 saturated carbocycles. The lowest BCUT2D eigenvalue weighted by Crippen LogP contribution is -1.91. The van der Waals surface area contributed by atoms with Crippen LogP contribution in [0, 0.1) is 18.6 Å². The zero-order chi connectivity index (χ0) is 11.7. The van der Waals surface area contributed by atoms with Crippen LogP contribution < -0.4 is 5.73 Å². The van der Waals surface area contributed by atoms with Gasteiger partial charge < -0.3 is 5.73 Å². The summed E-state index contributed by atoms with van der Waals surface area (Å²) in [5, 5.41) is 0. The molecule has 0 aliphatic heterocycles.